The molecule has 2 amide bonds. The van der Waals surface area contributed by atoms with E-state index in [2.05, 4.69) is 18.3 Å². The van der Waals surface area contributed by atoms with Crippen LogP contribution in [0.4, 0.5) is 5.69 Å². The van der Waals surface area contributed by atoms with E-state index in [-0.39, 0.29) is 35.6 Å². The zero-order valence-corrected chi connectivity index (χ0v) is 17.2. The maximum Gasteiger partial charge on any atom is 0.228 e. The van der Waals surface area contributed by atoms with Crippen LogP contribution in [0.1, 0.15) is 31.4 Å². The van der Waals surface area contributed by atoms with Gasteiger partial charge in [-0.25, -0.2) is 0 Å². The number of carbonyl (C=O) groups excluding carboxylic acids is 2. The predicted molar refractivity (Wildman–Crippen MR) is 115 cm³/mol. The van der Waals surface area contributed by atoms with E-state index < -0.39 is 0 Å². The number of benzene rings is 2. The third-order valence-corrected chi connectivity index (χ3v) is 6.35. The largest absolute Gasteiger partial charge is 0.336 e. The van der Waals surface area contributed by atoms with Gasteiger partial charge >= 0.3 is 0 Å². The van der Waals surface area contributed by atoms with E-state index in [9.17, 15) is 9.59 Å². The van der Waals surface area contributed by atoms with Crippen molar-refractivity contribution in [1.29, 1.82) is 0 Å². The molecule has 2 aliphatic rings. The predicted octanol–water partition coefficient (Wildman–Crippen LogP) is 5.08. The Morgan fingerprint density at radius 2 is 1.97 bits per heavy atom. The second kappa shape index (κ2) is 8.42. The van der Waals surface area contributed by atoms with Gasteiger partial charge in [0.1, 0.15) is 0 Å². The summed E-state index contributed by atoms with van der Waals surface area (Å²) in [5.41, 5.74) is 1.77. The summed E-state index contributed by atoms with van der Waals surface area (Å²) in [4.78, 5) is 28.5. The van der Waals surface area contributed by atoms with Gasteiger partial charge in [0, 0.05) is 17.3 Å². The Morgan fingerprint density at radius 3 is 2.72 bits per heavy atom. The number of likely N-dealkylation sites (tertiary alicyclic amines) is 1. The lowest BCUT2D eigenvalue weighted by molar-refractivity contribution is -0.148. The summed E-state index contributed by atoms with van der Waals surface area (Å²) in [7, 11) is 0. The number of halogens is 1. The molecule has 1 unspecified atom stereocenters. The molecule has 1 aliphatic carbocycles. The van der Waals surface area contributed by atoms with Gasteiger partial charge in [0.25, 0.3) is 0 Å². The van der Waals surface area contributed by atoms with Gasteiger partial charge in [0.05, 0.1) is 17.9 Å². The monoisotopic (exact) mass is 408 g/mol. The van der Waals surface area contributed by atoms with Crippen LogP contribution in [0.15, 0.2) is 66.7 Å². The minimum Gasteiger partial charge on any atom is -0.336 e. The van der Waals surface area contributed by atoms with E-state index in [0.717, 1.165) is 12.0 Å². The highest BCUT2D eigenvalue weighted by molar-refractivity contribution is 6.30. The van der Waals surface area contributed by atoms with E-state index >= 15 is 0 Å². The Bertz CT molecular complexity index is 927. The quantitative estimate of drug-likeness (QED) is 0.717. The maximum atomic E-state index is 13.5. The lowest BCUT2D eigenvalue weighted by Crippen LogP contribution is -2.51. The molecular weight excluding hydrogens is 384 g/mol. The summed E-state index contributed by atoms with van der Waals surface area (Å²) in [6.45, 7) is 2.77. The molecule has 4 rings (SSSR count). The SMILES string of the molecule is CC(c1ccccc1)N1CC[C@H]2C=CC[C@@H](C(=O)Nc3cccc(Cl)c3)[C@H]2C1=O. The Kier molecular flexibility index (Phi) is 5.72. The van der Waals surface area contributed by atoms with Gasteiger partial charge < -0.3 is 10.2 Å². The van der Waals surface area contributed by atoms with Crippen molar-refractivity contribution < 1.29 is 9.59 Å². The lowest BCUT2D eigenvalue weighted by atomic mass is 9.71. The van der Waals surface area contributed by atoms with Crippen LogP contribution in [-0.2, 0) is 9.59 Å². The first kappa shape index (κ1) is 19.7. The Balaban J connectivity index is 1.55. The maximum absolute atomic E-state index is 13.5. The summed E-state index contributed by atoms with van der Waals surface area (Å²) in [6.07, 6.45) is 5.63. The number of rotatable bonds is 4. The molecule has 1 aliphatic heterocycles. The third-order valence-electron chi connectivity index (χ3n) is 6.12. The summed E-state index contributed by atoms with van der Waals surface area (Å²) >= 11 is 6.04. The fourth-order valence-corrected chi connectivity index (χ4v) is 4.74. The first-order valence-corrected chi connectivity index (χ1v) is 10.5. The molecule has 4 nitrogen and oxygen atoms in total. The average Bonchev–Trinajstić information content (AvgIpc) is 2.74. The van der Waals surface area contributed by atoms with Crippen molar-refractivity contribution in [3.8, 4) is 0 Å². The Morgan fingerprint density at radius 1 is 1.17 bits per heavy atom. The molecule has 0 radical (unpaired) electrons. The van der Waals surface area contributed by atoms with Gasteiger partial charge in [0.2, 0.25) is 11.8 Å². The van der Waals surface area contributed by atoms with Crippen LogP contribution in [-0.4, -0.2) is 23.3 Å². The smallest absolute Gasteiger partial charge is 0.228 e. The number of amides is 2. The molecule has 0 saturated carbocycles. The fraction of sp³-hybridized carbons (Fsp3) is 0.333. The molecule has 1 heterocycles. The molecule has 0 aromatic heterocycles. The number of fused-ring (bicyclic) bond motifs is 1. The number of allylic oxidation sites excluding steroid dienone is 2. The number of nitrogens with one attached hydrogen (secondary N) is 1. The molecule has 29 heavy (non-hydrogen) atoms. The highest BCUT2D eigenvalue weighted by atomic mass is 35.5. The summed E-state index contributed by atoms with van der Waals surface area (Å²) < 4.78 is 0. The molecule has 150 valence electrons. The first-order chi connectivity index (χ1) is 14.0. The van der Waals surface area contributed by atoms with Crippen LogP contribution in [0, 0.1) is 17.8 Å². The second-order valence-electron chi connectivity index (χ2n) is 7.87. The molecule has 1 fully saturated rings. The van der Waals surface area contributed by atoms with Crippen LogP contribution < -0.4 is 5.32 Å². The van der Waals surface area contributed by atoms with Crippen molar-refractivity contribution in [2.75, 3.05) is 11.9 Å². The molecule has 2 aromatic carbocycles. The molecule has 0 bridgehead atoms. The third kappa shape index (κ3) is 4.08. The molecular formula is C24H25ClN2O2. The van der Waals surface area contributed by atoms with Crippen molar-refractivity contribution in [3.05, 3.63) is 77.3 Å². The van der Waals surface area contributed by atoms with Crippen LogP contribution >= 0.6 is 11.6 Å². The van der Waals surface area contributed by atoms with E-state index in [4.69, 9.17) is 11.6 Å². The number of anilines is 1. The lowest BCUT2D eigenvalue weighted by Gasteiger charge is -2.44. The molecule has 1 saturated heterocycles. The van der Waals surface area contributed by atoms with Gasteiger partial charge in [-0.05, 0) is 49.4 Å². The average molecular weight is 409 g/mol. The van der Waals surface area contributed by atoms with Gasteiger partial charge in [-0.3, -0.25) is 9.59 Å². The first-order valence-electron chi connectivity index (χ1n) is 10.1. The van der Waals surface area contributed by atoms with Crippen LogP contribution in [0.5, 0.6) is 0 Å². The number of piperidine rings is 1. The van der Waals surface area contributed by atoms with Crippen molar-refractivity contribution >= 4 is 29.1 Å². The minimum absolute atomic E-state index is 0.00722. The highest BCUT2D eigenvalue weighted by Gasteiger charge is 2.45. The van der Waals surface area contributed by atoms with Crippen molar-refractivity contribution in [2.45, 2.75) is 25.8 Å². The van der Waals surface area contributed by atoms with E-state index in [1.165, 1.54) is 0 Å². The second-order valence-corrected chi connectivity index (χ2v) is 8.30. The van der Waals surface area contributed by atoms with Crippen LogP contribution in [0.2, 0.25) is 5.02 Å². The topological polar surface area (TPSA) is 49.4 Å². The zero-order chi connectivity index (χ0) is 20.4. The number of carbonyl (C=O) groups is 2. The summed E-state index contributed by atoms with van der Waals surface area (Å²) in [5, 5.41) is 3.52. The minimum atomic E-state index is -0.373. The Hall–Kier alpha value is -2.59. The highest BCUT2D eigenvalue weighted by Crippen LogP contribution is 2.40. The van der Waals surface area contributed by atoms with Crippen LogP contribution in [0.3, 0.4) is 0 Å². The number of hydrogen-bond acceptors (Lipinski definition) is 2. The molecule has 0 spiro atoms. The van der Waals surface area contributed by atoms with Crippen molar-refractivity contribution in [3.63, 3.8) is 0 Å². The molecule has 5 heteroatoms. The van der Waals surface area contributed by atoms with Gasteiger partial charge in [-0.15, -0.1) is 0 Å². The van der Waals surface area contributed by atoms with Crippen molar-refractivity contribution in [2.24, 2.45) is 17.8 Å². The summed E-state index contributed by atoms with van der Waals surface area (Å²) in [5.74, 6) is -0.616. The van der Waals surface area contributed by atoms with E-state index in [0.29, 0.717) is 23.7 Å². The number of hydrogen-bond donors (Lipinski definition) is 1. The molecule has 2 aromatic rings. The van der Waals surface area contributed by atoms with Gasteiger partial charge in [-0.2, -0.15) is 0 Å². The normalized spacial score (nSPS) is 24.7. The zero-order valence-electron chi connectivity index (χ0n) is 16.4. The molecule has 4 atom stereocenters. The number of nitrogens with zero attached hydrogens (tertiary/aromatic N) is 1. The van der Waals surface area contributed by atoms with Crippen LogP contribution in [0.25, 0.3) is 0 Å². The Labute approximate surface area is 176 Å². The van der Waals surface area contributed by atoms with Gasteiger partial charge in [0.15, 0.2) is 0 Å². The van der Waals surface area contributed by atoms with E-state index in [1.807, 2.05) is 47.4 Å². The molecule has 1 N–H and O–H groups in total. The van der Waals surface area contributed by atoms with Crippen molar-refractivity contribution in [1.82, 2.24) is 4.90 Å². The van der Waals surface area contributed by atoms with Gasteiger partial charge in [-0.1, -0.05) is 60.2 Å². The standard InChI is InChI=1S/C24H25ClN2O2/c1-16(17-7-3-2-4-8-17)27-14-13-18-9-5-12-21(22(18)24(27)29)23(28)26-20-11-6-10-19(25)15-20/h2-11,15-16,18,21-22H,12-14H2,1H3,(H,26,28)/t16?,18-,21-,22+/m1/s1. The van der Waals surface area contributed by atoms with E-state index in [1.54, 1.807) is 18.2 Å². The summed E-state index contributed by atoms with van der Waals surface area (Å²) in [6, 6.07) is 17.2. The fourth-order valence-electron chi connectivity index (χ4n) is 4.55.